The van der Waals surface area contributed by atoms with Gasteiger partial charge < -0.3 is 10.1 Å². The van der Waals surface area contributed by atoms with Gasteiger partial charge in [0.25, 0.3) is 0 Å². The van der Waals surface area contributed by atoms with Gasteiger partial charge in [-0.15, -0.1) is 0 Å². The van der Waals surface area contributed by atoms with Crippen molar-refractivity contribution in [2.24, 2.45) is 0 Å². The Balaban J connectivity index is 3.04. The molecular weight excluding hydrogens is 298 g/mol. The summed E-state index contributed by atoms with van der Waals surface area (Å²) >= 11 is 0. The summed E-state index contributed by atoms with van der Waals surface area (Å²) in [4.78, 5) is 11.4. The van der Waals surface area contributed by atoms with Crippen LogP contribution in [0.15, 0.2) is 0 Å². The Labute approximate surface area is 151 Å². The topological polar surface area (TPSA) is 38.3 Å². The molecule has 0 fully saturated rings. The summed E-state index contributed by atoms with van der Waals surface area (Å²) in [6, 6.07) is 0. The third-order valence-electron chi connectivity index (χ3n) is 4.47. The predicted octanol–water partition coefficient (Wildman–Crippen LogP) is 6.01. The van der Waals surface area contributed by atoms with Gasteiger partial charge in [0, 0.05) is 19.6 Å². The molecule has 1 N–H and O–H groups in total. The van der Waals surface area contributed by atoms with Crippen LogP contribution >= 0.6 is 0 Å². The standard InChI is InChI=1S/C21H43NO2/c1-3-5-7-8-9-10-11-12-13-14-15-16-19-24-20-18-22-21(23)17-6-4-2/h3-20H2,1-2H3,(H,22,23). The summed E-state index contributed by atoms with van der Waals surface area (Å²) in [5, 5.41) is 2.90. The highest BCUT2D eigenvalue weighted by atomic mass is 16.5. The Bertz CT molecular complexity index is 256. The molecule has 0 aliphatic carbocycles. The Morgan fingerprint density at radius 3 is 1.71 bits per heavy atom. The van der Waals surface area contributed by atoms with E-state index in [0.717, 1.165) is 25.9 Å². The molecule has 24 heavy (non-hydrogen) atoms. The lowest BCUT2D eigenvalue weighted by atomic mass is 10.1. The van der Waals surface area contributed by atoms with Crippen molar-refractivity contribution in [2.75, 3.05) is 19.8 Å². The number of unbranched alkanes of at least 4 members (excludes halogenated alkanes) is 12. The van der Waals surface area contributed by atoms with E-state index in [0.29, 0.717) is 19.6 Å². The van der Waals surface area contributed by atoms with Gasteiger partial charge in [0.15, 0.2) is 0 Å². The second-order valence-electron chi connectivity index (χ2n) is 6.95. The lowest BCUT2D eigenvalue weighted by Crippen LogP contribution is -2.27. The van der Waals surface area contributed by atoms with Gasteiger partial charge in [0.05, 0.1) is 6.61 Å². The summed E-state index contributed by atoms with van der Waals surface area (Å²) in [5.74, 6) is 0.158. The van der Waals surface area contributed by atoms with Crippen LogP contribution in [-0.4, -0.2) is 25.7 Å². The highest BCUT2D eigenvalue weighted by Gasteiger charge is 1.99. The van der Waals surface area contributed by atoms with E-state index in [1.165, 1.54) is 70.6 Å². The molecule has 1 amide bonds. The molecular formula is C21H43NO2. The normalized spacial score (nSPS) is 10.9. The molecule has 0 aliphatic rings. The molecule has 0 aromatic heterocycles. The summed E-state index contributed by atoms with van der Waals surface area (Å²) in [6.45, 7) is 6.52. The second kappa shape index (κ2) is 20.5. The van der Waals surface area contributed by atoms with E-state index in [1.54, 1.807) is 0 Å². The molecule has 0 saturated heterocycles. The summed E-state index contributed by atoms with van der Waals surface area (Å²) in [5.41, 5.74) is 0. The molecule has 0 spiro atoms. The molecule has 3 nitrogen and oxygen atoms in total. The fraction of sp³-hybridized carbons (Fsp3) is 0.952. The van der Waals surface area contributed by atoms with Crippen LogP contribution in [0.25, 0.3) is 0 Å². The van der Waals surface area contributed by atoms with Crippen LogP contribution in [0, 0.1) is 0 Å². The van der Waals surface area contributed by atoms with Gasteiger partial charge in [-0.25, -0.2) is 0 Å². The van der Waals surface area contributed by atoms with Gasteiger partial charge >= 0.3 is 0 Å². The first kappa shape index (κ1) is 23.4. The van der Waals surface area contributed by atoms with Crippen LogP contribution in [0.4, 0.5) is 0 Å². The number of carbonyl (C=O) groups is 1. The fourth-order valence-corrected chi connectivity index (χ4v) is 2.84. The summed E-state index contributed by atoms with van der Waals surface area (Å²) < 4.78 is 5.57. The van der Waals surface area contributed by atoms with Crippen LogP contribution in [0.1, 0.15) is 110 Å². The molecule has 0 heterocycles. The van der Waals surface area contributed by atoms with Crippen molar-refractivity contribution in [3.05, 3.63) is 0 Å². The van der Waals surface area contributed by atoms with Gasteiger partial charge in [0.1, 0.15) is 0 Å². The monoisotopic (exact) mass is 341 g/mol. The summed E-state index contributed by atoms with van der Waals surface area (Å²) in [6.07, 6.45) is 19.1. The first-order valence-electron chi connectivity index (χ1n) is 10.7. The zero-order valence-corrected chi connectivity index (χ0v) is 16.5. The first-order chi connectivity index (χ1) is 11.8. The van der Waals surface area contributed by atoms with E-state index in [1.807, 2.05) is 0 Å². The highest BCUT2D eigenvalue weighted by Crippen LogP contribution is 2.11. The lowest BCUT2D eigenvalue weighted by molar-refractivity contribution is -0.121. The Kier molecular flexibility index (Phi) is 20.0. The van der Waals surface area contributed by atoms with Crippen LogP contribution in [0.2, 0.25) is 0 Å². The molecule has 0 unspecified atom stereocenters. The molecule has 0 aromatic carbocycles. The van der Waals surface area contributed by atoms with E-state index in [4.69, 9.17) is 4.74 Å². The molecule has 0 saturated carbocycles. The molecule has 3 heteroatoms. The Hall–Kier alpha value is -0.570. The molecule has 0 aromatic rings. The maximum absolute atomic E-state index is 11.4. The number of hydrogen-bond donors (Lipinski definition) is 1. The average Bonchev–Trinajstić information content (AvgIpc) is 2.59. The van der Waals surface area contributed by atoms with Gasteiger partial charge in [-0.2, -0.15) is 0 Å². The number of carbonyl (C=O) groups excluding carboxylic acids is 1. The molecule has 0 atom stereocenters. The average molecular weight is 342 g/mol. The van der Waals surface area contributed by atoms with Crippen LogP contribution in [0.5, 0.6) is 0 Å². The molecule has 0 bridgehead atoms. The summed E-state index contributed by atoms with van der Waals surface area (Å²) in [7, 11) is 0. The maximum atomic E-state index is 11.4. The first-order valence-corrected chi connectivity index (χ1v) is 10.7. The molecule has 0 aliphatic heterocycles. The van der Waals surface area contributed by atoms with Crippen molar-refractivity contribution in [1.82, 2.24) is 5.32 Å². The van der Waals surface area contributed by atoms with E-state index in [2.05, 4.69) is 19.2 Å². The SMILES string of the molecule is CCCCCCCCCCCCCCOCCNC(=O)CCCC. The van der Waals surface area contributed by atoms with Crippen molar-refractivity contribution in [2.45, 2.75) is 110 Å². The van der Waals surface area contributed by atoms with Crippen molar-refractivity contribution in [3.63, 3.8) is 0 Å². The smallest absolute Gasteiger partial charge is 0.220 e. The van der Waals surface area contributed by atoms with Crippen molar-refractivity contribution >= 4 is 5.91 Å². The predicted molar refractivity (Wildman–Crippen MR) is 104 cm³/mol. The number of rotatable bonds is 19. The zero-order chi connectivity index (χ0) is 17.7. The third kappa shape index (κ3) is 19.5. The zero-order valence-electron chi connectivity index (χ0n) is 16.5. The molecule has 0 rings (SSSR count). The van der Waals surface area contributed by atoms with Gasteiger partial charge in [-0.05, 0) is 12.8 Å². The van der Waals surface area contributed by atoms with Crippen molar-refractivity contribution in [3.8, 4) is 0 Å². The fourth-order valence-electron chi connectivity index (χ4n) is 2.84. The van der Waals surface area contributed by atoms with E-state index in [9.17, 15) is 4.79 Å². The minimum atomic E-state index is 0.158. The largest absolute Gasteiger partial charge is 0.380 e. The highest BCUT2D eigenvalue weighted by molar-refractivity contribution is 5.75. The van der Waals surface area contributed by atoms with Crippen LogP contribution < -0.4 is 5.32 Å². The maximum Gasteiger partial charge on any atom is 0.220 e. The second-order valence-corrected chi connectivity index (χ2v) is 6.95. The van der Waals surface area contributed by atoms with Crippen LogP contribution in [0.3, 0.4) is 0 Å². The number of ether oxygens (including phenoxy) is 1. The number of nitrogens with one attached hydrogen (secondary N) is 1. The van der Waals surface area contributed by atoms with Crippen molar-refractivity contribution in [1.29, 1.82) is 0 Å². The van der Waals surface area contributed by atoms with Crippen molar-refractivity contribution < 1.29 is 9.53 Å². The number of amides is 1. The lowest BCUT2D eigenvalue weighted by Gasteiger charge is -2.06. The van der Waals surface area contributed by atoms with Gasteiger partial charge in [-0.3, -0.25) is 4.79 Å². The third-order valence-corrected chi connectivity index (χ3v) is 4.47. The van der Waals surface area contributed by atoms with E-state index < -0.39 is 0 Å². The number of hydrogen-bond acceptors (Lipinski definition) is 2. The Morgan fingerprint density at radius 2 is 1.17 bits per heavy atom. The minimum absolute atomic E-state index is 0.158. The van der Waals surface area contributed by atoms with E-state index in [-0.39, 0.29) is 5.91 Å². The molecule has 0 radical (unpaired) electrons. The molecule has 144 valence electrons. The minimum Gasteiger partial charge on any atom is -0.380 e. The van der Waals surface area contributed by atoms with Gasteiger partial charge in [-0.1, -0.05) is 90.9 Å². The quantitative estimate of drug-likeness (QED) is 0.292. The van der Waals surface area contributed by atoms with E-state index >= 15 is 0 Å². The van der Waals surface area contributed by atoms with Crippen LogP contribution in [-0.2, 0) is 9.53 Å². The Morgan fingerprint density at radius 1 is 0.667 bits per heavy atom. The van der Waals surface area contributed by atoms with Gasteiger partial charge in [0.2, 0.25) is 5.91 Å².